The molecule has 0 saturated carbocycles. The predicted molar refractivity (Wildman–Crippen MR) is 70.5 cm³/mol. The van der Waals surface area contributed by atoms with Crippen LogP contribution in [0.3, 0.4) is 0 Å². The van der Waals surface area contributed by atoms with Gasteiger partial charge in [0, 0.05) is 6.92 Å². The molecular weight excluding hydrogens is 266 g/mol. The molecule has 116 valence electrons. The fraction of sp³-hybridized carbons (Fsp3) is 0.769. The van der Waals surface area contributed by atoms with Crippen LogP contribution in [-0.2, 0) is 14.3 Å². The summed E-state index contributed by atoms with van der Waals surface area (Å²) in [6, 6.07) is -0.906. The van der Waals surface area contributed by atoms with Gasteiger partial charge in [-0.3, -0.25) is 4.79 Å². The van der Waals surface area contributed by atoms with E-state index in [2.05, 4.69) is 5.32 Å². The van der Waals surface area contributed by atoms with Crippen molar-refractivity contribution in [1.29, 1.82) is 0 Å². The first-order chi connectivity index (χ1) is 9.51. The quantitative estimate of drug-likeness (QED) is 0.480. The van der Waals surface area contributed by atoms with Crippen molar-refractivity contribution in [3.05, 3.63) is 12.3 Å². The Balaban J connectivity index is 2.75. The van der Waals surface area contributed by atoms with E-state index in [1.54, 1.807) is 6.08 Å². The number of allylic oxidation sites excluding steroid dienone is 1. The van der Waals surface area contributed by atoms with Crippen molar-refractivity contribution >= 4 is 5.91 Å². The molecule has 0 aliphatic carbocycles. The molecule has 1 rings (SSSR count). The first-order valence-corrected chi connectivity index (χ1v) is 6.71. The maximum absolute atomic E-state index is 11.2. The van der Waals surface area contributed by atoms with Crippen molar-refractivity contribution in [2.24, 2.45) is 0 Å². The van der Waals surface area contributed by atoms with E-state index < -0.39 is 37.3 Å². The number of amides is 1. The standard InChI is InChI=1S/C13H23NO6/c1-3-4-5-6-19-13-10(14-8(2)16)12(18)11(17)9(7-15)20-13/h5-6,9-13,15,17-18H,3-4,7H2,1-2H3,(H,14,16)/t9-,10-,11-,12-,13+/m1/s1. The molecule has 0 aromatic rings. The van der Waals surface area contributed by atoms with Crippen LogP contribution >= 0.6 is 0 Å². The molecule has 0 spiro atoms. The minimum absolute atomic E-state index is 0.376. The normalized spacial score (nSPS) is 34.1. The van der Waals surface area contributed by atoms with E-state index in [9.17, 15) is 15.0 Å². The van der Waals surface area contributed by atoms with Gasteiger partial charge in [-0.15, -0.1) is 0 Å². The lowest BCUT2D eigenvalue weighted by molar-refractivity contribution is -0.255. The highest BCUT2D eigenvalue weighted by Gasteiger charge is 2.45. The minimum atomic E-state index is -1.30. The van der Waals surface area contributed by atoms with Gasteiger partial charge in [0.1, 0.15) is 24.4 Å². The van der Waals surface area contributed by atoms with Gasteiger partial charge in [-0.05, 0) is 12.5 Å². The van der Waals surface area contributed by atoms with Crippen LogP contribution in [-0.4, -0.2) is 58.5 Å². The molecule has 0 bridgehead atoms. The van der Waals surface area contributed by atoms with Gasteiger partial charge in [0.2, 0.25) is 12.2 Å². The van der Waals surface area contributed by atoms with Crippen molar-refractivity contribution < 1.29 is 29.6 Å². The van der Waals surface area contributed by atoms with Crippen molar-refractivity contribution in [1.82, 2.24) is 5.32 Å². The summed E-state index contributed by atoms with van der Waals surface area (Å²) in [6.07, 6.45) is 0.502. The predicted octanol–water partition coefficient (Wildman–Crippen LogP) is -0.740. The highest BCUT2D eigenvalue weighted by Crippen LogP contribution is 2.22. The Bertz CT molecular complexity index is 335. The number of carbonyl (C=O) groups excluding carboxylic acids is 1. The summed E-state index contributed by atoms with van der Waals surface area (Å²) in [4.78, 5) is 11.2. The van der Waals surface area contributed by atoms with E-state index in [1.165, 1.54) is 13.2 Å². The van der Waals surface area contributed by atoms with Crippen LogP contribution < -0.4 is 5.32 Å². The number of aliphatic hydroxyl groups excluding tert-OH is 3. The lowest BCUT2D eigenvalue weighted by Gasteiger charge is -2.41. The molecule has 0 aromatic heterocycles. The molecule has 1 aliphatic rings. The van der Waals surface area contributed by atoms with Crippen LogP contribution in [0.4, 0.5) is 0 Å². The second-order valence-corrected chi connectivity index (χ2v) is 4.73. The van der Waals surface area contributed by atoms with Gasteiger partial charge in [0.15, 0.2) is 0 Å². The van der Waals surface area contributed by atoms with E-state index in [4.69, 9.17) is 14.6 Å². The van der Waals surface area contributed by atoms with Crippen molar-refractivity contribution in [3.8, 4) is 0 Å². The molecule has 4 N–H and O–H groups in total. The van der Waals surface area contributed by atoms with Gasteiger partial charge in [-0.1, -0.05) is 13.3 Å². The SMILES string of the molecule is CCCC=CO[C@H]1O[C@H](CO)[C@@H](O)[C@H](O)[C@H]1NC(C)=O. The summed E-state index contributed by atoms with van der Waals surface area (Å²) in [7, 11) is 0. The summed E-state index contributed by atoms with van der Waals surface area (Å²) >= 11 is 0. The monoisotopic (exact) mass is 289 g/mol. The average Bonchev–Trinajstić information content (AvgIpc) is 2.41. The van der Waals surface area contributed by atoms with Gasteiger partial charge in [0.25, 0.3) is 0 Å². The molecule has 1 fully saturated rings. The average molecular weight is 289 g/mol. The molecule has 7 nitrogen and oxygen atoms in total. The lowest BCUT2D eigenvalue weighted by Crippen LogP contribution is -2.64. The lowest BCUT2D eigenvalue weighted by atomic mass is 9.97. The fourth-order valence-electron chi connectivity index (χ4n) is 1.95. The van der Waals surface area contributed by atoms with Crippen LogP contribution in [0.25, 0.3) is 0 Å². The van der Waals surface area contributed by atoms with E-state index in [0.29, 0.717) is 0 Å². The Morgan fingerprint density at radius 3 is 2.65 bits per heavy atom. The highest BCUT2D eigenvalue weighted by atomic mass is 16.7. The summed E-state index contributed by atoms with van der Waals surface area (Å²) in [5.74, 6) is -0.376. The molecule has 0 unspecified atom stereocenters. The molecular formula is C13H23NO6. The molecule has 7 heteroatoms. The summed E-state index contributed by atoms with van der Waals surface area (Å²) < 4.78 is 10.7. The van der Waals surface area contributed by atoms with Crippen LogP contribution in [0, 0.1) is 0 Å². The molecule has 1 saturated heterocycles. The maximum Gasteiger partial charge on any atom is 0.222 e. The summed E-state index contributed by atoms with van der Waals surface area (Å²) in [5, 5.41) is 31.4. The summed E-state index contributed by atoms with van der Waals surface area (Å²) in [5.41, 5.74) is 0. The Morgan fingerprint density at radius 1 is 1.40 bits per heavy atom. The highest BCUT2D eigenvalue weighted by molar-refractivity contribution is 5.73. The number of hydrogen-bond acceptors (Lipinski definition) is 6. The number of ether oxygens (including phenoxy) is 2. The minimum Gasteiger partial charge on any atom is -0.471 e. The Kier molecular flexibility index (Phi) is 6.94. The number of nitrogens with one attached hydrogen (secondary N) is 1. The van der Waals surface area contributed by atoms with Crippen molar-refractivity contribution in [2.75, 3.05) is 6.61 Å². The van der Waals surface area contributed by atoms with Gasteiger partial charge < -0.3 is 30.1 Å². The smallest absolute Gasteiger partial charge is 0.222 e. The number of unbranched alkanes of at least 4 members (excludes halogenated alkanes) is 1. The first-order valence-electron chi connectivity index (χ1n) is 6.71. The zero-order chi connectivity index (χ0) is 15.1. The van der Waals surface area contributed by atoms with Crippen molar-refractivity contribution in [2.45, 2.75) is 57.3 Å². The van der Waals surface area contributed by atoms with Gasteiger partial charge in [-0.2, -0.15) is 0 Å². The van der Waals surface area contributed by atoms with Crippen LogP contribution in [0.15, 0.2) is 12.3 Å². The van der Waals surface area contributed by atoms with Gasteiger partial charge >= 0.3 is 0 Å². The molecule has 20 heavy (non-hydrogen) atoms. The molecule has 0 aromatic carbocycles. The molecule has 5 atom stereocenters. The molecule has 0 radical (unpaired) electrons. The van der Waals surface area contributed by atoms with Crippen LogP contribution in [0.1, 0.15) is 26.7 Å². The third kappa shape index (κ3) is 4.45. The van der Waals surface area contributed by atoms with Crippen LogP contribution in [0.2, 0.25) is 0 Å². The van der Waals surface area contributed by atoms with Gasteiger partial charge in [-0.25, -0.2) is 0 Å². The number of carbonyl (C=O) groups is 1. The second kappa shape index (κ2) is 8.21. The third-order valence-corrected chi connectivity index (χ3v) is 3.02. The first kappa shape index (κ1) is 16.9. The number of hydrogen-bond donors (Lipinski definition) is 4. The van der Waals surface area contributed by atoms with E-state index in [-0.39, 0.29) is 5.91 Å². The fourth-order valence-corrected chi connectivity index (χ4v) is 1.95. The largest absolute Gasteiger partial charge is 0.471 e. The van der Waals surface area contributed by atoms with E-state index in [0.717, 1.165) is 12.8 Å². The van der Waals surface area contributed by atoms with Crippen LogP contribution in [0.5, 0.6) is 0 Å². The third-order valence-electron chi connectivity index (χ3n) is 3.02. The van der Waals surface area contributed by atoms with E-state index >= 15 is 0 Å². The Labute approximate surface area is 118 Å². The zero-order valence-corrected chi connectivity index (χ0v) is 11.7. The topological polar surface area (TPSA) is 108 Å². The molecule has 1 aliphatic heterocycles. The maximum atomic E-state index is 11.2. The second-order valence-electron chi connectivity index (χ2n) is 4.73. The van der Waals surface area contributed by atoms with Crippen molar-refractivity contribution in [3.63, 3.8) is 0 Å². The molecule has 1 amide bonds. The Morgan fingerprint density at radius 2 is 2.10 bits per heavy atom. The summed E-state index contributed by atoms with van der Waals surface area (Å²) in [6.45, 7) is 2.86. The Hall–Kier alpha value is -1.15. The van der Waals surface area contributed by atoms with Gasteiger partial charge in [0.05, 0.1) is 12.9 Å². The number of rotatable bonds is 6. The number of aliphatic hydroxyl groups is 3. The molecule has 1 heterocycles. The van der Waals surface area contributed by atoms with E-state index in [1.807, 2.05) is 6.92 Å². The zero-order valence-electron chi connectivity index (χ0n) is 11.7.